The van der Waals surface area contributed by atoms with Gasteiger partial charge >= 0.3 is 0 Å². The average Bonchev–Trinajstić information content (AvgIpc) is 2.95. The van der Waals surface area contributed by atoms with Crippen molar-refractivity contribution in [1.82, 2.24) is 9.80 Å². The standard InChI is InChI=1S/C24H27FN2O4/c1-14-11-18(19(28)12-15(14)2)22(29)20-21(16-7-5-8-17(25)13-16)27(24(31)23(20)30)10-6-9-26(3)4/h5,7-8,11-13,21,28-29H,6,9-10H2,1-4H3/t21-/m1/s1. The van der Waals surface area contributed by atoms with Crippen LogP contribution in [0.3, 0.4) is 0 Å². The molecule has 1 heterocycles. The third-order valence-electron chi connectivity index (χ3n) is 5.58. The van der Waals surface area contributed by atoms with Crippen LogP contribution in [0, 0.1) is 19.7 Å². The lowest BCUT2D eigenvalue weighted by Gasteiger charge is -2.26. The van der Waals surface area contributed by atoms with Gasteiger partial charge in [-0.1, -0.05) is 12.1 Å². The Morgan fingerprint density at radius 1 is 1.13 bits per heavy atom. The Morgan fingerprint density at radius 3 is 2.45 bits per heavy atom. The minimum absolute atomic E-state index is 0.0656. The van der Waals surface area contributed by atoms with Crippen LogP contribution in [0.15, 0.2) is 42.0 Å². The predicted molar refractivity (Wildman–Crippen MR) is 116 cm³/mol. The summed E-state index contributed by atoms with van der Waals surface area (Å²) in [6, 6.07) is 7.76. The fraction of sp³-hybridized carbons (Fsp3) is 0.333. The van der Waals surface area contributed by atoms with E-state index in [0.29, 0.717) is 18.5 Å². The molecular weight excluding hydrogens is 399 g/mol. The van der Waals surface area contributed by atoms with Crippen molar-refractivity contribution in [1.29, 1.82) is 0 Å². The molecule has 0 radical (unpaired) electrons. The number of nitrogens with zero attached hydrogens (tertiary/aromatic N) is 2. The van der Waals surface area contributed by atoms with Gasteiger partial charge in [0.15, 0.2) is 0 Å². The van der Waals surface area contributed by atoms with Crippen LogP contribution in [0.4, 0.5) is 4.39 Å². The fourth-order valence-electron chi connectivity index (χ4n) is 3.83. The van der Waals surface area contributed by atoms with Crippen molar-refractivity contribution in [3.8, 4) is 5.75 Å². The first-order valence-electron chi connectivity index (χ1n) is 10.1. The van der Waals surface area contributed by atoms with Crippen molar-refractivity contribution in [2.45, 2.75) is 26.3 Å². The number of likely N-dealkylation sites (tertiary alicyclic amines) is 1. The molecule has 1 saturated heterocycles. The largest absolute Gasteiger partial charge is 0.507 e. The Hall–Kier alpha value is -3.19. The van der Waals surface area contributed by atoms with E-state index in [1.54, 1.807) is 12.1 Å². The summed E-state index contributed by atoms with van der Waals surface area (Å²) < 4.78 is 14.0. The second-order valence-corrected chi connectivity index (χ2v) is 8.16. The van der Waals surface area contributed by atoms with Crippen LogP contribution in [0.2, 0.25) is 0 Å². The lowest BCUT2D eigenvalue weighted by Crippen LogP contribution is -2.32. The summed E-state index contributed by atoms with van der Waals surface area (Å²) in [5.74, 6) is -2.78. The van der Waals surface area contributed by atoms with E-state index >= 15 is 0 Å². The molecule has 7 heteroatoms. The summed E-state index contributed by atoms with van der Waals surface area (Å²) in [6.07, 6.45) is 0.598. The molecule has 1 atom stereocenters. The monoisotopic (exact) mass is 426 g/mol. The highest BCUT2D eigenvalue weighted by molar-refractivity contribution is 6.46. The fourth-order valence-corrected chi connectivity index (χ4v) is 3.83. The Bertz CT molecular complexity index is 1060. The smallest absolute Gasteiger partial charge is 0.295 e. The van der Waals surface area contributed by atoms with Crippen molar-refractivity contribution in [3.63, 3.8) is 0 Å². The van der Waals surface area contributed by atoms with E-state index in [-0.39, 0.29) is 23.4 Å². The highest BCUT2D eigenvalue weighted by Gasteiger charge is 2.46. The summed E-state index contributed by atoms with van der Waals surface area (Å²) in [6.45, 7) is 4.58. The SMILES string of the molecule is Cc1cc(O)c(C(O)=C2C(=O)C(=O)N(CCCN(C)C)[C@@H]2c2cccc(F)c2)cc1C. The second kappa shape index (κ2) is 8.89. The van der Waals surface area contributed by atoms with Crippen LogP contribution in [0.1, 0.15) is 34.7 Å². The predicted octanol–water partition coefficient (Wildman–Crippen LogP) is 3.52. The molecule has 2 N–H and O–H groups in total. The van der Waals surface area contributed by atoms with Gasteiger partial charge in [0.1, 0.15) is 17.3 Å². The van der Waals surface area contributed by atoms with Crippen LogP contribution in [-0.4, -0.2) is 58.9 Å². The number of phenolic OH excluding ortho intramolecular Hbond substituents is 1. The number of Topliss-reactive ketones (excluding diaryl/α,β-unsaturated/α-hetero) is 1. The molecule has 0 saturated carbocycles. The first kappa shape index (κ1) is 22.5. The van der Waals surface area contributed by atoms with E-state index in [1.165, 1.54) is 29.2 Å². The number of carbonyl (C=O) groups excluding carboxylic acids is 2. The number of carbonyl (C=O) groups is 2. The van der Waals surface area contributed by atoms with E-state index in [4.69, 9.17) is 0 Å². The van der Waals surface area contributed by atoms with Gasteiger partial charge in [-0.2, -0.15) is 0 Å². The zero-order valence-corrected chi connectivity index (χ0v) is 18.1. The van der Waals surface area contributed by atoms with Crippen LogP contribution in [-0.2, 0) is 9.59 Å². The van der Waals surface area contributed by atoms with Crippen molar-refractivity contribution in [2.75, 3.05) is 27.2 Å². The van der Waals surface area contributed by atoms with Crippen molar-refractivity contribution >= 4 is 17.4 Å². The number of benzene rings is 2. The number of phenols is 1. The first-order chi connectivity index (χ1) is 14.6. The molecule has 2 aromatic rings. The molecule has 1 fully saturated rings. The molecule has 1 amide bonds. The van der Waals surface area contributed by atoms with Crippen molar-refractivity contribution in [3.05, 3.63) is 70.0 Å². The Balaban J connectivity index is 2.16. The number of ketones is 1. The van der Waals surface area contributed by atoms with E-state index in [1.807, 2.05) is 32.8 Å². The maximum absolute atomic E-state index is 14.0. The first-order valence-corrected chi connectivity index (χ1v) is 10.1. The quantitative estimate of drug-likeness (QED) is 0.420. The van der Waals surface area contributed by atoms with Crippen molar-refractivity contribution < 1.29 is 24.2 Å². The molecular formula is C24H27FN2O4. The third kappa shape index (κ3) is 4.46. The summed E-state index contributed by atoms with van der Waals surface area (Å²) in [4.78, 5) is 29.2. The molecule has 0 bridgehead atoms. The van der Waals surface area contributed by atoms with Crippen LogP contribution >= 0.6 is 0 Å². The zero-order chi connectivity index (χ0) is 22.9. The molecule has 0 aromatic heterocycles. The van der Waals surface area contributed by atoms with Gasteiger partial charge in [-0.15, -0.1) is 0 Å². The van der Waals surface area contributed by atoms with E-state index < -0.39 is 29.3 Å². The van der Waals surface area contributed by atoms with Gasteiger partial charge in [-0.25, -0.2) is 4.39 Å². The van der Waals surface area contributed by atoms with Gasteiger partial charge in [0, 0.05) is 6.54 Å². The van der Waals surface area contributed by atoms with Gasteiger partial charge in [0.05, 0.1) is 17.2 Å². The number of halogens is 1. The topological polar surface area (TPSA) is 81.1 Å². The lowest BCUT2D eigenvalue weighted by atomic mass is 9.93. The van der Waals surface area contributed by atoms with E-state index in [0.717, 1.165) is 11.1 Å². The van der Waals surface area contributed by atoms with E-state index in [9.17, 15) is 24.2 Å². The molecule has 164 valence electrons. The number of aliphatic hydroxyl groups excluding tert-OH is 1. The van der Waals surface area contributed by atoms with Gasteiger partial charge < -0.3 is 20.0 Å². The zero-order valence-electron chi connectivity index (χ0n) is 18.1. The Kier molecular flexibility index (Phi) is 6.45. The molecule has 6 nitrogen and oxygen atoms in total. The Labute approximate surface area is 181 Å². The summed E-state index contributed by atoms with van der Waals surface area (Å²) in [7, 11) is 3.81. The maximum atomic E-state index is 14.0. The molecule has 1 aliphatic rings. The van der Waals surface area contributed by atoms with Gasteiger partial charge in [0.2, 0.25) is 0 Å². The highest BCUT2D eigenvalue weighted by atomic mass is 19.1. The van der Waals surface area contributed by atoms with Gasteiger partial charge in [0.25, 0.3) is 11.7 Å². The van der Waals surface area contributed by atoms with Gasteiger partial charge in [-0.3, -0.25) is 9.59 Å². The average molecular weight is 426 g/mol. The second-order valence-electron chi connectivity index (χ2n) is 8.16. The molecule has 2 aromatic carbocycles. The third-order valence-corrected chi connectivity index (χ3v) is 5.58. The summed E-state index contributed by atoms with van der Waals surface area (Å²) >= 11 is 0. The minimum Gasteiger partial charge on any atom is -0.507 e. The normalized spacial score (nSPS) is 18.3. The Morgan fingerprint density at radius 2 is 1.81 bits per heavy atom. The number of rotatable bonds is 6. The summed E-state index contributed by atoms with van der Waals surface area (Å²) in [5, 5.41) is 21.5. The van der Waals surface area contributed by atoms with Gasteiger partial charge in [-0.05, 0) is 81.9 Å². The van der Waals surface area contributed by atoms with E-state index in [2.05, 4.69) is 0 Å². The minimum atomic E-state index is -0.945. The molecule has 1 aliphatic heterocycles. The number of aliphatic hydroxyl groups is 1. The van der Waals surface area contributed by atoms with Crippen molar-refractivity contribution in [2.24, 2.45) is 0 Å². The number of hydrogen-bond acceptors (Lipinski definition) is 5. The lowest BCUT2D eigenvalue weighted by molar-refractivity contribution is -0.139. The molecule has 0 aliphatic carbocycles. The molecule has 0 spiro atoms. The maximum Gasteiger partial charge on any atom is 0.295 e. The molecule has 31 heavy (non-hydrogen) atoms. The number of aryl methyl sites for hydroxylation is 2. The number of hydrogen-bond donors (Lipinski definition) is 2. The van der Waals surface area contributed by atoms with Crippen LogP contribution in [0.5, 0.6) is 5.75 Å². The van der Waals surface area contributed by atoms with Crippen LogP contribution in [0.25, 0.3) is 5.76 Å². The molecule has 0 unspecified atom stereocenters. The number of aromatic hydroxyl groups is 1. The molecule has 3 rings (SSSR count). The summed E-state index contributed by atoms with van der Waals surface area (Å²) in [5.41, 5.74) is 1.92. The highest BCUT2D eigenvalue weighted by Crippen LogP contribution is 2.41. The number of amides is 1. The van der Waals surface area contributed by atoms with Crippen LogP contribution < -0.4 is 0 Å².